The van der Waals surface area contributed by atoms with Crippen LogP contribution in [-0.2, 0) is 9.53 Å². The molecule has 0 saturated carbocycles. The van der Waals surface area contributed by atoms with Gasteiger partial charge < -0.3 is 9.84 Å². The molecule has 3 nitrogen and oxygen atoms in total. The molecule has 3 heteroatoms. The zero-order valence-corrected chi connectivity index (χ0v) is 8.09. The van der Waals surface area contributed by atoms with Crippen molar-refractivity contribution in [2.24, 2.45) is 0 Å². The van der Waals surface area contributed by atoms with E-state index in [4.69, 9.17) is 5.11 Å². The molecule has 0 unspecified atom stereocenters. The molecule has 0 aromatic heterocycles. The maximum atomic E-state index is 10.5. The standard InChI is InChI=1S/C6H10O3.C3H8/c1-5(2)6(8)9-4-3-7;1-3-2/h7H,1,3-4H2,2H3;3H2,1-2H3. The van der Waals surface area contributed by atoms with Gasteiger partial charge in [-0.2, -0.15) is 0 Å². The van der Waals surface area contributed by atoms with Gasteiger partial charge in [-0.1, -0.05) is 26.8 Å². The van der Waals surface area contributed by atoms with Crippen molar-refractivity contribution in [2.75, 3.05) is 13.2 Å². The predicted molar refractivity (Wildman–Crippen MR) is 48.8 cm³/mol. The van der Waals surface area contributed by atoms with Crippen LogP contribution in [0.25, 0.3) is 0 Å². The van der Waals surface area contributed by atoms with Crippen LogP contribution in [0.3, 0.4) is 0 Å². The highest BCUT2D eigenvalue weighted by Crippen LogP contribution is 1.89. The van der Waals surface area contributed by atoms with E-state index in [-0.39, 0.29) is 13.2 Å². The lowest BCUT2D eigenvalue weighted by molar-refractivity contribution is -0.139. The third kappa shape index (κ3) is 11.9. The number of aliphatic hydroxyl groups excluding tert-OH is 1. The molecule has 0 atom stereocenters. The van der Waals surface area contributed by atoms with E-state index in [1.165, 1.54) is 6.42 Å². The van der Waals surface area contributed by atoms with E-state index in [0.717, 1.165) is 0 Å². The van der Waals surface area contributed by atoms with E-state index >= 15 is 0 Å². The Hall–Kier alpha value is -0.830. The van der Waals surface area contributed by atoms with E-state index < -0.39 is 5.97 Å². The van der Waals surface area contributed by atoms with Crippen molar-refractivity contribution < 1.29 is 14.6 Å². The highest BCUT2D eigenvalue weighted by Gasteiger charge is 1.99. The second-order valence-corrected chi connectivity index (χ2v) is 2.35. The molecule has 0 rings (SSSR count). The van der Waals surface area contributed by atoms with Gasteiger partial charge in [0.15, 0.2) is 0 Å². The summed E-state index contributed by atoms with van der Waals surface area (Å²) in [6, 6.07) is 0. The quantitative estimate of drug-likeness (QED) is 0.521. The molecule has 0 bridgehead atoms. The second-order valence-electron chi connectivity index (χ2n) is 2.35. The lowest BCUT2D eigenvalue weighted by Crippen LogP contribution is -2.08. The van der Waals surface area contributed by atoms with E-state index in [1.54, 1.807) is 6.92 Å². The summed E-state index contributed by atoms with van der Waals surface area (Å²) in [6.45, 7) is 9.06. The van der Waals surface area contributed by atoms with Gasteiger partial charge in [0, 0.05) is 5.57 Å². The normalized spacial score (nSPS) is 8.00. The average Bonchev–Trinajstić information content (AvgIpc) is 2.01. The summed E-state index contributed by atoms with van der Waals surface area (Å²) >= 11 is 0. The maximum absolute atomic E-state index is 10.5. The summed E-state index contributed by atoms with van der Waals surface area (Å²) in [5.74, 6) is -0.455. The highest BCUT2D eigenvalue weighted by molar-refractivity contribution is 5.86. The minimum absolute atomic E-state index is 0.0473. The molecule has 0 saturated heterocycles. The zero-order valence-electron chi connectivity index (χ0n) is 8.09. The van der Waals surface area contributed by atoms with Crippen LogP contribution < -0.4 is 0 Å². The Balaban J connectivity index is 0. The molecule has 0 amide bonds. The minimum atomic E-state index is -0.455. The fourth-order valence-corrected chi connectivity index (χ4v) is 0.262. The van der Waals surface area contributed by atoms with Gasteiger partial charge in [-0.3, -0.25) is 0 Å². The third-order valence-electron chi connectivity index (χ3n) is 0.673. The summed E-state index contributed by atoms with van der Waals surface area (Å²) in [6.07, 6.45) is 1.25. The molecule has 0 aliphatic carbocycles. The van der Waals surface area contributed by atoms with Crippen molar-refractivity contribution in [3.8, 4) is 0 Å². The van der Waals surface area contributed by atoms with Gasteiger partial charge in [0.05, 0.1) is 6.61 Å². The Bertz CT molecular complexity index is 130. The first-order valence-electron chi connectivity index (χ1n) is 4.03. The molecule has 0 fully saturated rings. The number of carbonyl (C=O) groups excluding carboxylic acids is 1. The first-order valence-corrected chi connectivity index (χ1v) is 4.03. The predicted octanol–water partition coefficient (Wildman–Crippen LogP) is 1.51. The first kappa shape index (κ1) is 13.7. The number of ether oxygens (including phenoxy) is 1. The van der Waals surface area contributed by atoms with Crippen LogP contribution in [0.4, 0.5) is 0 Å². The van der Waals surface area contributed by atoms with Crippen LogP contribution in [0.1, 0.15) is 27.2 Å². The Labute approximate surface area is 74.0 Å². The molecule has 0 aliphatic rings. The van der Waals surface area contributed by atoms with E-state index in [9.17, 15) is 4.79 Å². The molecular formula is C9H18O3. The molecule has 0 radical (unpaired) electrons. The molecule has 0 aliphatic heterocycles. The Morgan fingerprint density at radius 3 is 2.17 bits per heavy atom. The van der Waals surface area contributed by atoms with Crippen LogP contribution in [0.15, 0.2) is 12.2 Å². The highest BCUT2D eigenvalue weighted by atomic mass is 16.5. The Morgan fingerprint density at radius 1 is 1.50 bits per heavy atom. The number of aliphatic hydroxyl groups is 1. The smallest absolute Gasteiger partial charge is 0.333 e. The second kappa shape index (κ2) is 10.2. The number of carbonyl (C=O) groups is 1. The monoisotopic (exact) mass is 174 g/mol. The van der Waals surface area contributed by atoms with Crippen molar-refractivity contribution in [3.05, 3.63) is 12.2 Å². The lowest BCUT2D eigenvalue weighted by Gasteiger charge is -1.99. The summed E-state index contributed by atoms with van der Waals surface area (Å²) in [4.78, 5) is 10.5. The van der Waals surface area contributed by atoms with Gasteiger partial charge in [0.2, 0.25) is 0 Å². The number of esters is 1. The fourth-order valence-electron chi connectivity index (χ4n) is 0.262. The molecular weight excluding hydrogens is 156 g/mol. The summed E-state index contributed by atoms with van der Waals surface area (Å²) < 4.78 is 4.46. The van der Waals surface area contributed by atoms with Crippen molar-refractivity contribution in [3.63, 3.8) is 0 Å². The molecule has 1 N–H and O–H groups in total. The van der Waals surface area contributed by atoms with Crippen LogP contribution >= 0.6 is 0 Å². The van der Waals surface area contributed by atoms with Gasteiger partial charge in [-0.25, -0.2) is 4.79 Å². The fraction of sp³-hybridized carbons (Fsp3) is 0.667. The Kier molecular flexibility index (Phi) is 11.6. The van der Waals surface area contributed by atoms with Gasteiger partial charge in [-0.15, -0.1) is 0 Å². The zero-order chi connectivity index (χ0) is 9.98. The molecule has 72 valence electrons. The summed E-state index contributed by atoms with van der Waals surface area (Å²) in [5.41, 5.74) is 0.350. The average molecular weight is 174 g/mol. The summed E-state index contributed by atoms with van der Waals surface area (Å²) in [5, 5.41) is 8.19. The number of hydrogen-bond donors (Lipinski definition) is 1. The van der Waals surface area contributed by atoms with Gasteiger partial charge in [-0.05, 0) is 6.92 Å². The van der Waals surface area contributed by atoms with Crippen molar-refractivity contribution in [2.45, 2.75) is 27.2 Å². The topological polar surface area (TPSA) is 46.5 Å². The number of rotatable bonds is 3. The largest absolute Gasteiger partial charge is 0.460 e. The van der Waals surface area contributed by atoms with Gasteiger partial charge >= 0.3 is 5.97 Å². The van der Waals surface area contributed by atoms with E-state index in [1.807, 2.05) is 0 Å². The van der Waals surface area contributed by atoms with E-state index in [0.29, 0.717) is 5.57 Å². The van der Waals surface area contributed by atoms with Crippen LogP contribution in [-0.4, -0.2) is 24.3 Å². The lowest BCUT2D eigenvalue weighted by atomic mass is 10.4. The van der Waals surface area contributed by atoms with Crippen molar-refractivity contribution in [1.82, 2.24) is 0 Å². The van der Waals surface area contributed by atoms with Gasteiger partial charge in [0.25, 0.3) is 0 Å². The molecule has 0 spiro atoms. The van der Waals surface area contributed by atoms with Crippen LogP contribution in [0.5, 0.6) is 0 Å². The molecule has 0 aromatic carbocycles. The van der Waals surface area contributed by atoms with Gasteiger partial charge in [0.1, 0.15) is 6.61 Å². The van der Waals surface area contributed by atoms with Crippen molar-refractivity contribution in [1.29, 1.82) is 0 Å². The summed E-state index contributed by atoms with van der Waals surface area (Å²) in [7, 11) is 0. The van der Waals surface area contributed by atoms with Crippen LogP contribution in [0.2, 0.25) is 0 Å². The minimum Gasteiger partial charge on any atom is -0.460 e. The maximum Gasteiger partial charge on any atom is 0.333 e. The molecule has 0 heterocycles. The number of hydrogen-bond acceptors (Lipinski definition) is 3. The Morgan fingerprint density at radius 2 is 1.92 bits per heavy atom. The van der Waals surface area contributed by atoms with Crippen LogP contribution in [0, 0.1) is 0 Å². The van der Waals surface area contributed by atoms with Crippen molar-refractivity contribution >= 4 is 5.97 Å². The molecule has 12 heavy (non-hydrogen) atoms. The first-order chi connectivity index (χ1) is 5.59. The van der Waals surface area contributed by atoms with E-state index in [2.05, 4.69) is 25.2 Å². The third-order valence-corrected chi connectivity index (χ3v) is 0.673. The SMILES string of the molecule is C=C(C)C(=O)OCCO.CCC. The molecule has 0 aromatic rings.